The summed E-state index contributed by atoms with van der Waals surface area (Å²) in [7, 11) is -4.87. The maximum absolute atomic E-state index is 15.9. The van der Waals surface area contributed by atoms with Crippen molar-refractivity contribution in [2.24, 2.45) is 28.6 Å². The molecule has 1 unspecified atom stereocenters. The van der Waals surface area contributed by atoms with Crippen LogP contribution >= 0.6 is 0 Å². The molecule has 0 aromatic heterocycles. The summed E-state index contributed by atoms with van der Waals surface area (Å²) < 4.78 is 40.1. The van der Waals surface area contributed by atoms with Crippen molar-refractivity contribution in [3.8, 4) is 0 Å². The number of aliphatic hydroxyl groups excluding tert-OH is 1. The smallest absolute Gasteiger partial charge is 0.338 e. The van der Waals surface area contributed by atoms with E-state index in [1.54, 1.807) is 58.0 Å². The predicted octanol–water partition coefficient (Wildman–Crippen LogP) is 8.73. The first kappa shape index (κ1) is 51.3. The van der Waals surface area contributed by atoms with Crippen molar-refractivity contribution in [1.29, 1.82) is 0 Å². The van der Waals surface area contributed by atoms with E-state index in [0.717, 1.165) is 36.3 Å². The zero-order chi connectivity index (χ0) is 47.1. The SMILES string of the molecule is CC[Si](CC)(CC)OC(C(=O)O[C@H]1C[C@@]2(O)[C@@H](OC(=O)c3ccccc3)[C@@H]3[C@]4(OC(C)=O)CO[C@@H]4C[C@H](O[Si](CC)(CC)CC)[C@@]3(C)C(=O)[C@H](O)C(=C1C)C2(C)C)[C@@H](C)CC(C)C. The Morgan fingerprint density at radius 2 is 1.46 bits per heavy atom. The number of hydrogen-bond acceptors (Lipinski definition) is 12. The van der Waals surface area contributed by atoms with Gasteiger partial charge >= 0.3 is 17.9 Å². The van der Waals surface area contributed by atoms with E-state index < -0.39 is 105 Å². The Kier molecular flexibility index (Phi) is 15.7. The fourth-order valence-electron chi connectivity index (χ4n) is 12.0. The summed E-state index contributed by atoms with van der Waals surface area (Å²) in [5, 5.41) is 26.8. The molecule has 0 radical (unpaired) electrons. The average molecular weight is 915 g/mol. The highest BCUT2D eigenvalue weighted by atomic mass is 28.4. The number of Topliss-reactive ketones (excluding diaryl/α,β-unsaturated/α-hetero) is 1. The normalized spacial score (nSPS) is 32.6. The third kappa shape index (κ3) is 8.84. The Balaban J connectivity index is 1.79. The molecule has 3 aliphatic carbocycles. The molecular formula is C49H78O12Si2. The van der Waals surface area contributed by atoms with E-state index in [-0.39, 0.29) is 42.4 Å². The molecule has 1 aromatic carbocycles. The second kappa shape index (κ2) is 19.2. The van der Waals surface area contributed by atoms with Crippen molar-refractivity contribution >= 4 is 40.3 Å². The minimum Gasteiger partial charge on any atom is -0.456 e. The van der Waals surface area contributed by atoms with Crippen LogP contribution in [0.5, 0.6) is 0 Å². The minimum atomic E-state index is -2.52. The van der Waals surface area contributed by atoms with Crippen LogP contribution in [0.2, 0.25) is 36.3 Å². The topological polar surface area (TPSA) is 164 Å². The number of aliphatic hydroxyl groups is 2. The molecule has 14 heteroatoms. The summed E-state index contributed by atoms with van der Waals surface area (Å²) in [5.41, 5.74) is -6.08. The second-order valence-corrected chi connectivity index (χ2v) is 29.8. The van der Waals surface area contributed by atoms with E-state index in [0.29, 0.717) is 12.0 Å². The van der Waals surface area contributed by atoms with Crippen molar-refractivity contribution in [2.45, 2.75) is 200 Å². The van der Waals surface area contributed by atoms with Crippen LogP contribution in [0.15, 0.2) is 41.5 Å². The van der Waals surface area contributed by atoms with Gasteiger partial charge in [0.1, 0.15) is 36.1 Å². The molecule has 4 aliphatic rings. The first-order valence-electron chi connectivity index (χ1n) is 23.8. The van der Waals surface area contributed by atoms with Gasteiger partial charge in [0, 0.05) is 25.2 Å². The fourth-order valence-corrected chi connectivity index (χ4v) is 17.8. The zero-order valence-corrected chi connectivity index (χ0v) is 42.6. The van der Waals surface area contributed by atoms with E-state index in [1.165, 1.54) is 6.92 Å². The molecule has 5 rings (SSSR count). The van der Waals surface area contributed by atoms with Gasteiger partial charge in [0.15, 0.2) is 28.0 Å². The van der Waals surface area contributed by atoms with E-state index in [4.69, 9.17) is 27.8 Å². The largest absolute Gasteiger partial charge is 0.456 e. The Labute approximate surface area is 378 Å². The number of rotatable bonds is 18. The van der Waals surface area contributed by atoms with Crippen LogP contribution in [0, 0.1) is 28.6 Å². The van der Waals surface area contributed by atoms with Gasteiger partial charge in [-0.2, -0.15) is 0 Å². The zero-order valence-electron chi connectivity index (χ0n) is 40.6. The highest BCUT2D eigenvalue weighted by Crippen LogP contribution is 2.65. The molecule has 2 saturated carbocycles. The van der Waals surface area contributed by atoms with E-state index in [9.17, 15) is 24.6 Å². The molecule has 3 fully saturated rings. The molecule has 2 N–H and O–H groups in total. The molecule has 12 nitrogen and oxygen atoms in total. The van der Waals surface area contributed by atoms with Gasteiger partial charge < -0.3 is 38.0 Å². The lowest BCUT2D eigenvalue weighted by molar-refractivity contribution is -0.344. The van der Waals surface area contributed by atoms with Crippen molar-refractivity contribution < 1.29 is 57.2 Å². The predicted molar refractivity (Wildman–Crippen MR) is 246 cm³/mol. The lowest BCUT2D eigenvalue weighted by Crippen LogP contribution is -2.82. The monoisotopic (exact) mass is 915 g/mol. The summed E-state index contributed by atoms with van der Waals surface area (Å²) in [6.07, 6.45) is -6.51. The standard InChI is InChI=1S/C49H78O12Si2/c1-15-62(16-2,17-3)60-36-27-37-48(29-56-37,59-33(11)50)41-43(58-44(53)34-24-22-21-23-25-34)49(55)28-35(32(10)38(46(49,12)13)39(51)42(52)47(36,41)14)57-45(54)40(31(9)26-30(7)8)61-63(18-4,19-5)20-6/h21-25,30-31,35-37,39-41,43,51,55H,15-20,26-29H2,1-14H3/t31-,35-,36-,37+,39+,40?,41-,43-,47+,48-,49+/m0/s1. The number of hydrogen-bond donors (Lipinski definition) is 2. The van der Waals surface area contributed by atoms with Gasteiger partial charge in [0.2, 0.25) is 0 Å². The van der Waals surface area contributed by atoms with Gasteiger partial charge in [0.05, 0.1) is 29.6 Å². The molecule has 354 valence electrons. The van der Waals surface area contributed by atoms with Gasteiger partial charge in [-0.3, -0.25) is 9.59 Å². The number of ether oxygens (including phenoxy) is 4. The summed E-state index contributed by atoms with van der Waals surface area (Å²) in [6.45, 7) is 26.8. The highest BCUT2D eigenvalue weighted by molar-refractivity contribution is 6.74. The van der Waals surface area contributed by atoms with Crippen molar-refractivity contribution in [3.63, 3.8) is 0 Å². The van der Waals surface area contributed by atoms with Gasteiger partial charge in [-0.05, 0) is 91.6 Å². The number of carbonyl (C=O) groups is 4. The van der Waals surface area contributed by atoms with Gasteiger partial charge in [-0.25, -0.2) is 9.59 Å². The molecule has 63 heavy (non-hydrogen) atoms. The Bertz CT molecular complexity index is 1840. The average Bonchev–Trinajstić information content (AvgIpc) is 3.24. The molecule has 2 bridgehead atoms. The molecular weight excluding hydrogens is 837 g/mol. The maximum Gasteiger partial charge on any atom is 0.338 e. The number of carbonyl (C=O) groups excluding carboxylic acids is 4. The van der Waals surface area contributed by atoms with Gasteiger partial charge in [-0.1, -0.05) is 94.4 Å². The third-order valence-electron chi connectivity index (χ3n) is 16.4. The lowest BCUT2D eigenvalue weighted by Gasteiger charge is -2.68. The third-order valence-corrected chi connectivity index (χ3v) is 25.6. The van der Waals surface area contributed by atoms with Crippen LogP contribution in [-0.2, 0) is 42.2 Å². The Morgan fingerprint density at radius 3 is 1.95 bits per heavy atom. The quantitative estimate of drug-likeness (QED) is 0.0624. The van der Waals surface area contributed by atoms with Crippen LogP contribution in [-0.4, -0.2) is 105 Å². The molecule has 0 spiro atoms. The molecule has 1 aliphatic heterocycles. The molecule has 1 aromatic rings. The molecule has 1 saturated heterocycles. The minimum absolute atomic E-state index is 0.147. The van der Waals surface area contributed by atoms with E-state index in [2.05, 4.69) is 55.4 Å². The summed E-state index contributed by atoms with van der Waals surface area (Å²) in [4.78, 5) is 58.6. The first-order chi connectivity index (χ1) is 29.5. The lowest BCUT2D eigenvalue weighted by atomic mass is 9.44. The van der Waals surface area contributed by atoms with Gasteiger partial charge in [-0.15, -0.1) is 0 Å². The molecule has 11 atom stereocenters. The second-order valence-electron chi connectivity index (χ2n) is 20.3. The van der Waals surface area contributed by atoms with E-state index in [1.807, 2.05) is 6.92 Å². The number of ketones is 1. The molecule has 0 amide bonds. The number of esters is 3. The summed E-state index contributed by atoms with van der Waals surface area (Å²) in [5.74, 6) is -3.83. The fraction of sp³-hybridized carbons (Fsp3) is 0.755. The van der Waals surface area contributed by atoms with Crippen LogP contribution in [0.25, 0.3) is 0 Å². The van der Waals surface area contributed by atoms with Crippen molar-refractivity contribution in [3.05, 3.63) is 47.0 Å². The first-order valence-corrected chi connectivity index (χ1v) is 28.8. The summed E-state index contributed by atoms with van der Waals surface area (Å²) >= 11 is 0. The molecule has 1 heterocycles. The van der Waals surface area contributed by atoms with Crippen LogP contribution in [0.3, 0.4) is 0 Å². The Hall–Kier alpha value is -2.73. The highest BCUT2D eigenvalue weighted by Gasteiger charge is 2.78. The van der Waals surface area contributed by atoms with Crippen molar-refractivity contribution in [1.82, 2.24) is 0 Å². The van der Waals surface area contributed by atoms with E-state index >= 15 is 4.79 Å². The van der Waals surface area contributed by atoms with Crippen LogP contribution < -0.4 is 0 Å². The Morgan fingerprint density at radius 1 is 0.889 bits per heavy atom. The van der Waals surface area contributed by atoms with Crippen LogP contribution in [0.4, 0.5) is 0 Å². The summed E-state index contributed by atoms with van der Waals surface area (Å²) in [6, 6.07) is 13.1. The van der Waals surface area contributed by atoms with Gasteiger partial charge in [0.25, 0.3) is 0 Å². The maximum atomic E-state index is 15.9. The number of fused-ring (bicyclic) bond motifs is 5. The van der Waals surface area contributed by atoms with Crippen LogP contribution in [0.1, 0.15) is 127 Å². The van der Waals surface area contributed by atoms with Crippen molar-refractivity contribution in [2.75, 3.05) is 6.61 Å². The number of benzene rings is 1.